The quantitative estimate of drug-likeness (QED) is 0.429. The van der Waals surface area contributed by atoms with Crippen LogP contribution in [0.2, 0.25) is 0 Å². The summed E-state index contributed by atoms with van der Waals surface area (Å²) in [4.78, 5) is 24.0. The lowest BCUT2D eigenvalue weighted by molar-refractivity contribution is -0.149. The first-order valence-electron chi connectivity index (χ1n) is 9.76. The highest BCUT2D eigenvalue weighted by Crippen LogP contribution is 2.40. The van der Waals surface area contributed by atoms with Crippen LogP contribution in [0, 0.1) is 11.8 Å². The first-order chi connectivity index (χ1) is 12.9. The van der Waals surface area contributed by atoms with E-state index in [0.717, 1.165) is 25.7 Å². The Balaban J connectivity index is 1.10. The number of ether oxygens (including phenoxy) is 4. The summed E-state index contributed by atoms with van der Waals surface area (Å²) in [6.45, 7) is -0.326. The second kappa shape index (κ2) is 7.67. The fourth-order valence-corrected chi connectivity index (χ4v) is 4.99. The zero-order valence-corrected chi connectivity index (χ0v) is 16.0. The molecule has 2 aliphatic heterocycles. The Hall–Kier alpha value is -1.19. The summed E-state index contributed by atoms with van der Waals surface area (Å²) >= 11 is 0. The van der Waals surface area contributed by atoms with Gasteiger partial charge in [0.2, 0.25) is 0 Å². The minimum absolute atomic E-state index is 0.163. The summed E-state index contributed by atoms with van der Waals surface area (Å²) in [7, 11) is -3.44. The van der Waals surface area contributed by atoms with Gasteiger partial charge in [-0.3, -0.25) is 9.59 Å². The minimum Gasteiger partial charge on any atom is -0.464 e. The van der Waals surface area contributed by atoms with Gasteiger partial charge in [0.15, 0.2) is 9.84 Å². The predicted octanol–water partition coefficient (Wildman–Crippen LogP) is 0.623. The Morgan fingerprint density at radius 2 is 1.19 bits per heavy atom. The molecule has 2 heterocycles. The SMILES string of the molecule is O=C(OCCS(=O)(=O)CCOC(=O)C1CCC2OC2C1)C1CCC2OC2C1. The number of hydrogen-bond donors (Lipinski definition) is 0. The third-order valence-corrected chi connectivity index (χ3v) is 7.53. The summed E-state index contributed by atoms with van der Waals surface area (Å²) < 4.78 is 45.1. The van der Waals surface area contributed by atoms with Crippen LogP contribution in [-0.4, -0.2) is 69.5 Å². The summed E-state index contributed by atoms with van der Waals surface area (Å²) in [5, 5.41) is 0. The Labute approximate surface area is 158 Å². The van der Waals surface area contributed by atoms with Crippen molar-refractivity contribution in [1.29, 1.82) is 0 Å². The van der Waals surface area contributed by atoms with Gasteiger partial charge >= 0.3 is 11.9 Å². The van der Waals surface area contributed by atoms with Gasteiger partial charge in [0, 0.05) is 0 Å². The average Bonchev–Trinajstić information content (AvgIpc) is 3.53. The molecule has 2 saturated carbocycles. The zero-order chi connectivity index (χ0) is 19.0. The van der Waals surface area contributed by atoms with Gasteiger partial charge in [0.25, 0.3) is 0 Å². The maximum atomic E-state index is 12.0. The molecule has 2 saturated heterocycles. The van der Waals surface area contributed by atoms with Crippen molar-refractivity contribution in [3.63, 3.8) is 0 Å². The summed E-state index contributed by atoms with van der Waals surface area (Å²) in [6.07, 6.45) is 5.50. The maximum Gasteiger partial charge on any atom is 0.309 e. The topological polar surface area (TPSA) is 112 Å². The van der Waals surface area contributed by atoms with Crippen LogP contribution in [0.3, 0.4) is 0 Å². The van der Waals surface area contributed by atoms with E-state index in [2.05, 4.69) is 0 Å². The number of esters is 2. The molecule has 4 fully saturated rings. The van der Waals surface area contributed by atoms with Crippen molar-refractivity contribution in [3.8, 4) is 0 Å². The van der Waals surface area contributed by atoms with Crippen LogP contribution in [-0.2, 0) is 38.4 Å². The van der Waals surface area contributed by atoms with Crippen LogP contribution >= 0.6 is 0 Å². The largest absolute Gasteiger partial charge is 0.464 e. The highest BCUT2D eigenvalue weighted by molar-refractivity contribution is 7.91. The fraction of sp³-hybridized carbons (Fsp3) is 0.889. The van der Waals surface area contributed by atoms with Gasteiger partial charge in [-0.15, -0.1) is 0 Å². The standard InChI is InChI=1S/C18H26O8S/c19-17(11-1-3-13-15(9-11)25-13)23-5-7-27(21,22)8-6-24-18(20)12-2-4-14-16(10-12)26-14/h11-16H,1-10H2. The molecular formula is C18H26O8S. The smallest absolute Gasteiger partial charge is 0.309 e. The normalized spacial score (nSPS) is 36.9. The molecule has 0 amide bonds. The van der Waals surface area contributed by atoms with Crippen molar-refractivity contribution in [3.05, 3.63) is 0 Å². The third kappa shape index (κ3) is 5.00. The molecule has 4 rings (SSSR count). The molecule has 27 heavy (non-hydrogen) atoms. The molecule has 9 heteroatoms. The fourth-order valence-electron chi connectivity index (χ4n) is 4.11. The van der Waals surface area contributed by atoms with E-state index < -0.39 is 9.84 Å². The van der Waals surface area contributed by atoms with Crippen LogP contribution in [0.5, 0.6) is 0 Å². The van der Waals surface area contributed by atoms with Gasteiger partial charge in [0.05, 0.1) is 47.8 Å². The molecule has 6 unspecified atom stereocenters. The molecule has 0 N–H and O–H groups in total. The molecule has 0 aromatic heterocycles. The summed E-state index contributed by atoms with van der Waals surface area (Å²) in [5.74, 6) is -1.59. The number of carbonyl (C=O) groups is 2. The van der Waals surface area contributed by atoms with E-state index in [0.29, 0.717) is 25.0 Å². The highest BCUT2D eigenvalue weighted by Gasteiger charge is 2.47. The summed E-state index contributed by atoms with van der Waals surface area (Å²) in [6, 6.07) is 0. The monoisotopic (exact) mass is 402 g/mol. The van der Waals surface area contributed by atoms with Gasteiger partial charge in [-0.1, -0.05) is 0 Å². The predicted molar refractivity (Wildman–Crippen MR) is 92.6 cm³/mol. The van der Waals surface area contributed by atoms with Crippen molar-refractivity contribution < 1.29 is 37.0 Å². The zero-order valence-electron chi connectivity index (χ0n) is 15.2. The maximum absolute atomic E-state index is 12.0. The van der Waals surface area contributed by atoms with E-state index in [4.69, 9.17) is 18.9 Å². The molecular weight excluding hydrogens is 376 g/mol. The van der Waals surface area contributed by atoms with E-state index in [9.17, 15) is 18.0 Å². The first kappa shape index (κ1) is 19.1. The van der Waals surface area contributed by atoms with Crippen LogP contribution in [0.4, 0.5) is 0 Å². The number of hydrogen-bond acceptors (Lipinski definition) is 8. The van der Waals surface area contributed by atoms with Crippen molar-refractivity contribution in [2.75, 3.05) is 24.7 Å². The molecule has 8 nitrogen and oxygen atoms in total. The van der Waals surface area contributed by atoms with Gasteiger partial charge < -0.3 is 18.9 Å². The molecule has 0 spiro atoms. The number of rotatable bonds is 8. The number of fused-ring (bicyclic) bond motifs is 2. The summed E-state index contributed by atoms with van der Waals surface area (Å²) in [5.41, 5.74) is 0. The second-order valence-corrected chi connectivity index (χ2v) is 10.2. The molecule has 0 bridgehead atoms. The minimum atomic E-state index is -3.44. The molecule has 2 aliphatic carbocycles. The van der Waals surface area contributed by atoms with Crippen LogP contribution in [0.1, 0.15) is 38.5 Å². The van der Waals surface area contributed by atoms with Crippen molar-refractivity contribution in [2.24, 2.45) is 11.8 Å². The van der Waals surface area contributed by atoms with Crippen LogP contribution in [0.25, 0.3) is 0 Å². The van der Waals surface area contributed by atoms with Crippen molar-refractivity contribution in [2.45, 2.75) is 62.9 Å². The van der Waals surface area contributed by atoms with Gasteiger partial charge in [-0.05, 0) is 38.5 Å². The van der Waals surface area contributed by atoms with E-state index in [1.165, 1.54) is 0 Å². The number of sulfone groups is 1. The third-order valence-electron chi connectivity index (χ3n) is 5.95. The van der Waals surface area contributed by atoms with Crippen LogP contribution in [0.15, 0.2) is 0 Å². The Morgan fingerprint density at radius 3 is 1.59 bits per heavy atom. The highest BCUT2D eigenvalue weighted by atomic mass is 32.2. The average molecular weight is 402 g/mol. The lowest BCUT2D eigenvalue weighted by Gasteiger charge is -2.18. The van der Waals surface area contributed by atoms with E-state index >= 15 is 0 Å². The van der Waals surface area contributed by atoms with E-state index in [1.54, 1.807) is 0 Å². The van der Waals surface area contributed by atoms with Gasteiger partial charge in [-0.2, -0.15) is 0 Å². The van der Waals surface area contributed by atoms with E-state index in [-0.39, 0.29) is 60.7 Å². The number of carbonyl (C=O) groups excluding carboxylic acids is 2. The number of epoxide rings is 2. The van der Waals surface area contributed by atoms with Gasteiger partial charge in [-0.25, -0.2) is 8.42 Å². The van der Waals surface area contributed by atoms with Crippen molar-refractivity contribution >= 4 is 21.8 Å². The Morgan fingerprint density at radius 1 is 0.741 bits per heavy atom. The van der Waals surface area contributed by atoms with Crippen molar-refractivity contribution in [1.82, 2.24) is 0 Å². The van der Waals surface area contributed by atoms with Gasteiger partial charge in [0.1, 0.15) is 13.2 Å². The molecule has 0 aromatic rings. The molecule has 152 valence electrons. The second-order valence-electron chi connectivity index (χ2n) is 7.93. The first-order valence-corrected chi connectivity index (χ1v) is 11.6. The molecule has 6 atom stereocenters. The molecule has 0 aromatic carbocycles. The Bertz CT molecular complexity index is 637. The van der Waals surface area contributed by atoms with E-state index in [1.807, 2.05) is 0 Å². The van der Waals surface area contributed by atoms with Crippen LogP contribution < -0.4 is 0 Å². The molecule has 4 aliphatic rings. The molecule has 0 radical (unpaired) electrons. The Kier molecular flexibility index (Phi) is 5.44. The lowest BCUT2D eigenvalue weighted by Crippen LogP contribution is -2.28. The lowest BCUT2D eigenvalue weighted by atomic mass is 9.89.